The predicted molar refractivity (Wildman–Crippen MR) is 66.2 cm³/mol. The number of benzene rings is 1. The first-order valence-electron chi connectivity index (χ1n) is 5.55. The molecule has 0 fully saturated rings. The van der Waals surface area contributed by atoms with Gasteiger partial charge in [-0.1, -0.05) is 32.6 Å². The van der Waals surface area contributed by atoms with Gasteiger partial charge in [-0.05, 0) is 30.0 Å². The van der Waals surface area contributed by atoms with Gasteiger partial charge in [-0.3, -0.25) is 4.79 Å². The van der Waals surface area contributed by atoms with Crippen LogP contribution in [0.15, 0.2) is 30.9 Å². The SMILES string of the molecule is C=CCOc1ccc(C(C)CC)cc1C=O. The van der Waals surface area contributed by atoms with Crippen molar-refractivity contribution < 1.29 is 9.53 Å². The Hall–Kier alpha value is -1.57. The number of hydrogen-bond donors (Lipinski definition) is 0. The molecule has 0 aromatic heterocycles. The third-order valence-corrected chi connectivity index (χ3v) is 2.70. The van der Waals surface area contributed by atoms with Gasteiger partial charge < -0.3 is 4.74 Å². The maximum absolute atomic E-state index is 10.9. The zero-order valence-corrected chi connectivity index (χ0v) is 9.90. The summed E-state index contributed by atoms with van der Waals surface area (Å²) in [5.41, 5.74) is 1.79. The monoisotopic (exact) mass is 218 g/mol. The van der Waals surface area contributed by atoms with E-state index in [-0.39, 0.29) is 0 Å². The maximum atomic E-state index is 10.9. The summed E-state index contributed by atoms with van der Waals surface area (Å²) in [4.78, 5) is 10.9. The Kier molecular flexibility index (Phi) is 4.77. The quantitative estimate of drug-likeness (QED) is 0.539. The largest absolute Gasteiger partial charge is 0.489 e. The smallest absolute Gasteiger partial charge is 0.153 e. The van der Waals surface area contributed by atoms with Crippen LogP contribution in [0.3, 0.4) is 0 Å². The first kappa shape index (κ1) is 12.5. The second kappa shape index (κ2) is 6.11. The molecule has 2 heteroatoms. The van der Waals surface area contributed by atoms with Gasteiger partial charge in [-0.2, -0.15) is 0 Å². The summed E-state index contributed by atoms with van der Waals surface area (Å²) >= 11 is 0. The van der Waals surface area contributed by atoms with Crippen molar-refractivity contribution in [3.63, 3.8) is 0 Å². The van der Waals surface area contributed by atoms with Crippen LogP contribution in [0.4, 0.5) is 0 Å². The van der Waals surface area contributed by atoms with Gasteiger partial charge in [0.2, 0.25) is 0 Å². The van der Waals surface area contributed by atoms with Gasteiger partial charge in [0.25, 0.3) is 0 Å². The van der Waals surface area contributed by atoms with Gasteiger partial charge in [0, 0.05) is 0 Å². The van der Waals surface area contributed by atoms with Crippen LogP contribution in [0.2, 0.25) is 0 Å². The molecule has 0 saturated carbocycles. The summed E-state index contributed by atoms with van der Waals surface area (Å²) in [5.74, 6) is 1.09. The van der Waals surface area contributed by atoms with Crippen LogP contribution in [-0.4, -0.2) is 12.9 Å². The van der Waals surface area contributed by atoms with E-state index < -0.39 is 0 Å². The zero-order chi connectivity index (χ0) is 12.0. The van der Waals surface area contributed by atoms with Crippen LogP contribution in [0.25, 0.3) is 0 Å². The number of carbonyl (C=O) groups is 1. The second-order valence-corrected chi connectivity index (χ2v) is 3.82. The van der Waals surface area contributed by atoms with Crippen molar-refractivity contribution in [1.29, 1.82) is 0 Å². The lowest BCUT2D eigenvalue weighted by atomic mass is 9.97. The van der Waals surface area contributed by atoms with Gasteiger partial charge in [0.15, 0.2) is 6.29 Å². The van der Waals surface area contributed by atoms with Crippen LogP contribution >= 0.6 is 0 Å². The van der Waals surface area contributed by atoms with Crippen LogP contribution < -0.4 is 4.74 Å². The van der Waals surface area contributed by atoms with Gasteiger partial charge in [0.1, 0.15) is 12.4 Å². The third-order valence-electron chi connectivity index (χ3n) is 2.70. The summed E-state index contributed by atoms with van der Waals surface area (Å²) in [6.07, 6.45) is 3.56. The predicted octanol–water partition coefficient (Wildman–Crippen LogP) is 3.58. The minimum Gasteiger partial charge on any atom is -0.489 e. The molecule has 2 nitrogen and oxygen atoms in total. The van der Waals surface area contributed by atoms with Crippen molar-refractivity contribution in [1.82, 2.24) is 0 Å². The summed E-state index contributed by atoms with van der Waals surface area (Å²) in [6, 6.07) is 5.77. The van der Waals surface area contributed by atoms with E-state index in [0.717, 1.165) is 12.7 Å². The normalized spacial score (nSPS) is 11.9. The Morgan fingerprint density at radius 2 is 2.25 bits per heavy atom. The summed E-state index contributed by atoms with van der Waals surface area (Å²) in [7, 11) is 0. The first-order valence-corrected chi connectivity index (χ1v) is 5.55. The van der Waals surface area contributed by atoms with Crippen LogP contribution in [0, 0.1) is 0 Å². The van der Waals surface area contributed by atoms with E-state index >= 15 is 0 Å². The highest BCUT2D eigenvalue weighted by Gasteiger charge is 2.08. The van der Waals surface area contributed by atoms with Gasteiger partial charge >= 0.3 is 0 Å². The molecule has 0 saturated heterocycles. The molecule has 1 aromatic carbocycles. The van der Waals surface area contributed by atoms with E-state index in [1.165, 1.54) is 5.56 Å². The van der Waals surface area contributed by atoms with E-state index in [1.54, 1.807) is 6.08 Å². The molecule has 0 spiro atoms. The molecule has 16 heavy (non-hydrogen) atoms. The van der Waals surface area contributed by atoms with E-state index in [0.29, 0.717) is 23.8 Å². The summed E-state index contributed by atoms with van der Waals surface area (Å²) < 4.78 is 5.40. The molecule has 1 rings (SSSR count). The molecule has 86 valence electrons. The first-order chi connectivity index (χ1) is 7.72. The summed E-state index contributed by atoms with van der Waals surface area (Å²) in [6.45, 7) is 8.28. The van der Waals surface area contributed by atoms with E-state index in [4.69, 9.17) is 4.74 Å². The average molecular weight is 218 g/mol. The van der Waals surface area contributed by atoms with Crippen LogP contribution in [0.1, 0.15) is 42.1 Å². The zero-order valence-electron chi connectivity index (χ0n) is 9.90. The van der Waals surface area contributed by atoms with Gasteiger partial charge in [-0.15, -0.1) is 0 Å². The highest BCUT2D eigenvalue weighted by Crippen LogP contribution is 2.25. The molecule has 1 aromatic rings. The Morgan fingerprint density at radius 1 is 1.50 bits per heavy atom. The van der Waals surface area contributed by atoms with Crippen molar-refractivity contribution in [2.45, 2.75) is 26.2 Å². The lowest BCUT2D eigenvalue weighted by molar-refractivity contribution is 0.112. The Balaban J connectivity index is 2.96. The molecule has 0 aliphatic heterocycles. The Bertz CT molecular complexity index is 369. The van der Waals surface area contributed by atoms with E-state index in [2.05, 4.69) is 20.4 Å². The topological polar surface area (TPSA) is 26.3 Å². The molecule has 1 atom stereocenters. The second-order valence-electron chi connectivity index (χ2n) is 3.82. The molecule has 0 aliphatic rings. The lowest BCUT2D eigenvalue weighted by Gasteiger charge is -2.12. The molecule has 1 unspecified atom stereocenters. The Morgan fingerprint density at radius 3 is 2.81 bits per heavy atom. The fraction of sp³-hybridized carbons (Fsp3) is 0.357. The summed E-state index contributed by atoms with van der Waals surface area (Å²) in [5, 5.41) is 0. The number of ether oxygens (including phenoxy) is 1. The number of aldehydes is 1. The minimum absolute atomic E-state index is 0.420. The highest BCUT2D eigenvalue weighted by molar-refractivity contribution is 5.79. The van der Waals surface area contributed by atoms with Gasteiger partial charge in [0.05, 0.1) is 5.56 Å². The molecule has 0 heterocycles. The highest BCUT2D eigenvalue weighted by atomic mass is 16.5. The van der Waals surface area contributed by atoms with Crippen molar-refractivity contribution in [3.05, 3.63) is 42.0 Å². The molecule has 0 amide bonds. The van der Waals surface area contributed by atoms with Crippen molar-refractivity contribution >= 4 is 6.29 Å². The number of carbonyl (C=O) groups excluding carboxylic acids is 1. The molecule has 0 N–H and O–H groups in total. The van der Waals surface area contributed by atoms with Crippen LogP contribution in [0.5, 0.6) is 5.75 Å². The van der Waals surface area contributed by atoms with Crippen LogP contribution in [-0.2, 0) is 0 Å². The molecule has 0 radical (unpaired) electrons. The van der Waals surface area contributed by atoms with Crippen molar-refractivity contribution in [2.75, 3.05) is 6.61 Å². The molecule has 0 bridgehead atoms. The standard InChI is InChI=1S/C14H18O2/c1-4-8-16-14-7-6-12(11(3)5-2)9-13(14)10-15/h4,6-7,9-11H,1,5,8H2,2-3H3. The fourth-order valence-electron chi connectivity index (χ4n) is 1.48. The maximum Gasteiger partial charge on any atom is 0.153 e. The molecule has 0 aliphatic carbocycles. The lowest BCUT2D eigenvalue weighted by Crippen LogP contribution is -1.99. The molecular weight excluding hydrogens is 200 g/mol. The number of hydrogen-bond acceptors (Lipinski definition) is 2. The van der Waals surface area contributed by atoms with Crippen molar-refractivity contribution in [3.8, 4) is 5.75 Å². The Labute approximate surface area is 96.9 Å². The van der Waals surface area contributed by atoms with Gasteiger partial charge in [-0.25, -0.2) is 0 Å². The number of rotatable bonds is 6. The third kappa shape index (κ3) is 2.96. The van der Waals surface area contributed by atoms with E-state index in [9.17, 15) is 4.79 Å². The average Bonchev–Trinajstić information content (AvgIpc) is 2.35. The fourth-order valence-corrected chi connectivity index (χ4v) is 1.48. The molecular formula is C14H18O2. The van der Waals surface area contributed by atoms with Crippen molar-refractivity contribution in [2.24, 2.45) is 0 Å². The van der Waals surface area contributed by atoms with E-state index in [1.807, 2.05) is 18.2 Å². The minimum atomic E-state index is 0.420.